The number of halogens is 2. The third-order valence-corrected chi connectivity index (χ3v) is 4.51. The molecule has 0 radical (unpaired) electrons. The lowest BCUT2D eigenvalue weighted by molar-refractivity contribution is 0.363. The number of benzene rings is 2. The SMILES string of the molecule is O=P(O)(O)C(Nc1ccc(Cl)c(Cl)c1)c1ccccc1. The average molecular weight is 332 g/mol. The first kappa shape index (κ1) is 15.4. The number of rotatable bonds is 4. The quantitative estimate of drug-likeness (QED) is 0.731. The highest BCUT2D eigenvalue weighted by molar-refractivity contribution is 7.52. The zero-order valence-electron chi connectivity index (χ0n) is 10.2. The van der Waals surface area contributed by atoms with Gasteiger partial charge >= 0.3 is 7.60 Å². The van der Waals surface area contributed by atoms with Crippen molar-refractivity contribution in [2.45, 2.75) is 5.78 Å². The van der Waals surface area contributed by atoms with Crippen LogP contribution >= 0.6 is 30.8 Å². The van der Waals surface area contributed by atoms with Crippen LogP contribution in [0.2, 0.25) is 10.0 Å². The van der Waals surface area contributed by atoms with E-state index in [1.54, 1.807) is 42.5 Å². The molecule has 4 nitrogen and oxygen atoms in total. The minimum atomic E-state index is -4.38. The van der Waals surface area contributed by atoms with Gasteiger partial charge in [-0.15, -0.1) is 0 Å². The molecule has 2 aromatic rings. The van der Waals surface area contributed by atoms with Crippen molar-refractivity contribution in [2.24, 2.45) is 0 Å². The second-order valence-corrected chi connectivity index (χ2v) is 6.68. The van der Waals surface area contributed by atoms with Crippen molar-refractivity contribution in [3.8, 4) is 0 Å². The topological polar surface area (TPSA) is 69.6 Å². The maximum absolute atomic E-state index is 11.7. The van der Waals surface area contributed by atoms with Gasteiger partial charge in [0.1, 0.15) is 0 Å². The van der Waals surface area contributed by atoms with E-state index in [1.165, 1.54) is 6.07 Å². The summed E-state index contributed by atoms with van der Waals surface area (Å²) in [5, 5.41) is 3.49. The van der Waals surface area contributed by atoms with Crippen molar-refractivity contribution in [3.63, 3.8) is 0 Å². The summed E-state index contributed by atoms with van der Waals surface area (Å²) in [6.07, 6.45) is 0. The second-order valence-electron chi connectivity index (χ2n) is 4.18. The molecule has 106 valence electrons. The van der Waals surface area contributed by atoms with Crippen LogP contribution in [0.15, 0.2) is 48.5 Å². The second kappa shape index (κ2) is 6.17. The minimum Gasteiger partial charge on any atom is -0.368 e. The third-order valence-electron chi connectivity index (χ3n) is 2.67. The lowest BCUT2D eigenvalue weighted by Crippen LogP contribution is -2.11. The highest BCUT2D eigenvalue weighted by atomic mass is 35.5. The van der Waals surface area contributed by atoms with Gasteiger partial charge in [-0.25, -0.2) is 0 Å². The maximum atomic E-state index is 11.7. The summed E-state index contributed by atoms with van der Waals surface area (Å²) in [5.74, 6) is -1.14. The fourth-order valence-electron chi connectivity index (χ4n) is 1.74. The molecule has 0 heterocycles. The van der Waals surface area contributed by atoms with Crippen LogP contribution in [0.5, 0.6) is 0 Å². The molecule has 2 aromatic carbocycles. The van der Waals surface area contributed by atoms with Crippen molar-refractivity contribution in [1.82, 2.24) is 0 Å². The normalized spacial score (nSPS) is 13.0. The summed E-state index contributed by atoms with van der Waals surface area (Å²) < 4.78 is 11.7. The van der Waals surface area contributed by atoms with E-state index in [4.69, 9.17) is 23.2 Å². The molecule has 0 saturated carbocycles. The molecule has 3 N–H and O–H groups in total. The summed E-state index contributed by atoms with van der Waals surface area (Å²) in [5.41, 5.74) is 0.975. The summed E-state index contributed by atoms with van der Waals surface area (Å²) >= 11 is 11.7. The van der Waals surface area contributed by atoms with Gasteiger partial charge in [0.2, 0.25) is 0 Å². The summed E-state index contributed by atoms with van der Waals surface area (Å²) in [4.78, 5) is 19.0. The fraction of sp³-hybridized carbons (Fsp3) is 0.0769. The van der Waals surface area contributed by atoms with Gasteiger partial charge in [-0.2, -0.15) is 0 Å². The lowest BCUT2D eigenvalue weighted by atomic mass is 10.2. The molecule has 0 aliphatic heterocycles. The summed E-state index contributed by atoms with van der Waals surface area (Å²) in [6.45, 7) is 0. The van der Waals surface area contributed by atoms with Gasteiger partial charge in [-0.1, -0.05) is 53.5 Å². The Kier molecular flexibility index (Phi) is 4.74. The first-order valence-electron chi connectivity index (χ1n) is 5.69. The fourth-order valence-corrected chi connectivity index (χ4v) is 2.92. The van der Waals surface area contributed by atoms with Crippen molar-refractivity contribution in [1.29, 1.82) is 0 Å². The van der Waals surface area contributed by atoms with Crippen molar-refractivity contribution >= 4 is 36.5 Å². The Morgan fingerprint density at radius 1 is 1.00 bits per heavy atom. The first-order valence-corrected chi connectivity index (χ1v) is 8.13. The molecular weight excluding hydrogens is 320 g/mol. The van der Waals surface area contributed by atoms with E-state index in [9.17, 15) is 14.4 Å². The largest absolute Gasteiger partial charge is 0.368 e. The van der Waals surface area contributed by atoms with Crippen LogP contribution in [0.25, 0.3) is 0 Å². The summed E-state index contributed by atoms with van der Waals surface area (Å²) in [6, 6.07) is 13.2. The zero-order valence-corrected chi connectivity index (χ0v) is 12.6. The Labute approximate surface area is 126 Å². The molecular formula is C13H12Cl2NO3P. The third kappa shape index (κ3) is 3.75. The van der Waals surface area contributed by atoms with Crippen LogP contribution in [0, 0.1) is 0 Å². The summed E-state index contributed by atoms with van der Waals surface area (Å²) in [7, 11) is -4.38. The van der Waals surface area contributed by atoms with E-state index in [-0.39, 0.29) is 0 Å². The monoisotopic (exact) mass is 331 g/mol. The molecule has 0 aromatic heterocycles. The smallest absolute Gasteiger partial charge is 0.352 e. The number of nitrogens with one attached hydrogen (secondary N) is 1. The Morgan fingerprint density at radius 2 is 1.65 bits per heavy atom. The van der Waals surface area contributed by atoms with Crippen molar-refractivity contribution in [3.05, 3.63) is 64.1 Å². The Bertz CT molecular complexity index is 645. The van der Waals surface area contributed by atoms with Gasteiger partial charge in [0.25, 0.3) is 0 Å². The van der Waals surface area contributed by atoms with Crippen LogP contribution < -0.4 is 5.32 Å². The van der Waals surface area contributed by atoms with Crippen LogP contribution in [0.3, 0.4) is 0 Å². The number of hydrogen-bond acceptors (Lipinski definition) is 2. The van der Waals surface area contributed by atoms with Gasteiger partial charge in [-0.05, 0) is 23.8 Å². The Hall–Kier alpha value is -1.03. The molecule has 2 rings (SSSR count). The van der Waals surface area contributed by atoms with Gasteiger partial charge in [-0.3, -0.25) is 4.57 Å². The standard InChI is InChI=1S/C13H12Cl2NO3P/c14-11-7-6-10(8-12(11)15)16-13(20(17,18)19)9-4-2-1-3-5-9/h1-8,13,16H,(H2,17,18,19). The molecule has 0 bridgehead atoms. The van der Waals surface area contributed by atoms with Crippen LogP contribution in [-0.2, 0) is 4.57 Å². The number of hydrogen-bond donors (Lipinski definition) is 3. The van der Waals surface area contributed by atoms with E-state index in [2.05, 4.69) is 5.32 Å². The minimum absolute atomic E-state index is 0.314. The van der Waals surface area contributed by atoms with Crippen molar-refractivity contribution in [2.75, 3.05) is 5.32 Å². The Morgan fingerprint density at radius 3 is 2.20 bits per heavy atom. The van der Waals surface area contributed by atoms with E-state index < -0.39 is 13.4 Å². The van der Waals surface area contributed by atoms with Crippen LogP contribution in [0.1, 0.15) is 11.3 Å². The Balaban J connectivity index is 2.34. The molecule has 20 heavy (non-hydrogen) atoms. The van der Waals surface area contributed by atoms with Gasteiger partial charge in [0.15, 0.2) is 5.78 Å². The predicted molar refractivity (Wildman–Crippen MR) is 81.3 cm³/mol. The molecule has 1 atom stereocenters. The molecule has 0 aliphatic carbocycles. The van der Waals surface area contributed by atoms with Crippen LogP contribution in [0.4, 0.5) is 5.69 Å². The molecule has 0 aliphatic rings. The lowest BCUT2D eigenvalue weighted by Gasteiger charge is -2.21. The maximum Gasteiger partial charge on any atom is 0.352 e. The van der Waals surface area contributed by atoms with Gasteiger partial charge in [0.05, 0.1) is 10.0 Å². The molecule has 0 spiro atoms. The van der Waals surface area contributed by atoms with E-state index >= 15 is 0 Å². The number of anilines is 1. The highest BCUT2D eigenvalue weighted by Gasteiger charge is 2.30. The first-order chi connectivity index (χ1) is 9.38. The molecule has 0 saturated heterocycles. The van der Waals surface area contributed by atoms with Gasteiger partial charge < -0.3 is 15.1 Å². The molecule has 0 amide bonds. The van der Waals surface area contributed by atoms with Crippen molar-refractivity contribution < 1.29 is 14.4 Å². The molecule has 0 fully saturated rings. The van der Waals surface area contributed by atoms with Gasteiger partial charge in [0, 0.05) is 5.69 Å². The van der Waals surface area contributed by atoms with Crippen LogP contribution in [-0.4, -0.2) is 9.79 Å². The van der Waals surface area contributed by atoms with E-state index in [0.29, 0.717) is 21.3 Å². The molecule has 1 unspecified atom stereocenters. The van der Waals surface area contributed by atoms with E-state index in [1.807, 2.05) is 0 Å². The molecule has 7 heteroatoms. The predicted octanol–water partition coefficient (Wildman–Crippen LogP) is 4.28. The average Bonchev–Trinajstić information content (AvgIpc) is 2.39. The highest BCUT2D eigenvalue weighted by Crippen LogP contribution is 2.51. The van der Waals surface area contributed by atoms with E-state index in [0.717, 1.165) is 0 Å². The zero-order chi connectivity index (χ0) is 14.8.